The lowest BCUT2D eigenvalue weighted by molar-refractivity contribution is 0.624. The molecular formula is C33H63N. The summed E-state index contributed by atoms with van der Waals surface area (Å²) in [7, 11) is 1.88. The molecule has 0 rings (SSSR count). The van der Waals surface area contributed by atoms with Crippen LogP contribution in [0.2, 0.25) is 0 Å². The maximum Gasteiger partial charge on any atom is 0.00276 e. The summed E-state index contributed by atoms with van der Waals surface area (Å²) in [5.41, 5.74) is 2.18. The summed E-state index contributed by atoms with van der Waals surface area (Å²) in [5.74, 6) is 0. The molecule has 0 spiro atoms. The molecule has 0 amide bonds. The van der Waals surface area contributed by atoms with Gasteiger partial charge in [-0.05, 0) is 39.5 Å². The Kier molecular flexibility index (Phi) is 76.6. The third kappa shape index (κ3) is 78.1. The van der Waals surface area contributed by atoms with Gasteiger partial charge in [0.15, 0.2) is 0 Å². The lowest BCUT2D eigenvalue weighted by atomic mass is 10.1. The van der Waals surface area contributed by atoms with E-state index in [1.54, 1.807) is 12.2 Å². The van der Waals surface area contributed by atoms with Crippen LogP contribution in [0.25, 0.3) is 0 Å². The number of allylic oxidation sites excluding steroid dienone is 12. The maximum absolute atomic E-state index is 3.71. The number of unbranched alkanes of at least 4 members (excludes halogenated alkanes) is 5. The first-order valence-corrected chi connectivity index (χ1v) is 13.3. The molecule has 0 fully saturated rings. The van der Waals surface area contributed by atoms with Crippen LogP contribution in [0.1, 0.15) is 108 Å². The quantitative estimate of drug-likeness (QED) is 0.232. The standard InChI is InChI=1S/C9H12.C8H12.C8H18.C4H9N.2C2H6/c1-4-6-7-8-9(3)5-2;1-4-6-8(3)7-5-2;1-3-5-7-8-6-4-2;1-3-4-5-2;2*1-2/h4-8H,2-3H2,1H3;4-7H,1H2,2-3H3;3-8H2,1-2H3;3-5H,1-2H3;2*1-2H3/b6-4-,8-7-;7-5-,8-6-;;4-3-;;. The molecule has 0 atom stereocenters. The van der Waals surface area contributed by atoms with Gasteiger partial charge in [-0.3, -0.25) is 0 Å². The van der Waals surface area contributed by atoms with Crippen LogP contribution in [-0.2, 0) is 0 Å². The molecule has 1 N–H and O–H groups in total. The average Bonchev–Trinajstić information content (AvgIpc) is 2.86. The van der Waals surface area contributed by atoms with Gasteiger partial charge in [-0.2, -0.15) is 0 Å². The van der Waals surface area contributed by atoms with Gasteiger partial charge in [0.1, 0.15) is 0 Å². The molecule has 34 heavy (non-hydrogen) atoms. The molecule has 0 saturated heterocycles. The highest BCUT2D eigenvalue weighted by Crippen LogP contribution is 2.03. The molecule has 0 aromatic heterocycles. The summed E-state index contributed by atoms with van der Waals surface area (Å²) in [5, 5.41) is 2.84. The number of hydrogen-bond acceptors (Lipinski definition) is 1. The van der Waals surface area contributed by atoms with Crippen molar-refractivity contribution in [1.29, 1.82) is 0 Å². The van der Waals surface area contributed by atoms with Gasteiger partial charge in [0.05, 0.1) is 0 Å². The first-order valence-electron chi connectivity index (χ1n) is 13.3. The molecule has 0 bridgehead atoms. The van der Waals surface area contributed by atoms with Crippen molar-refractivity contribution in [1.82, 2.24) is 5.32 Å². The summed E-state index contributed by atoms with van der Waals surface area (Å²) in [6.07, 6.45) is 29.6. The van der Waals surface area contributed by atoms with Crippen molar-refractivity contribution in [3.05, 3.63) is 97.8 Å². The molecule has 0 aromatic carbocycles. The van der Waals surface area contributed by atoms with Crippen LogP contribution in [0.15, 0.2) is 97.8 Å². The summed E-state index contributed by atoms with van der Waals surface area (Å²) in [6.45, 7) is 31.3. The number of rotatable bonds is 11. The Morgan fingerprint density at radius 1 is 0.735 bits per heavy atom. The Bertz CT molecular complexity index is 493. The molecule has 1 heteroatoms. The molecule has 0 aliphatic carbocycles. The highest BCUT2D eigenvalue weighted by atomic mass is 14.8. The van der Waals surface area contributed by atoms with E-state index in [9.17, 15) is 0 Å². The van der Waals surface area contributed by atoms with E-state index in [4.69, 9.17) is 0 Å². The monoisotopic (exact) mass is 473 g/mol. The summed E-state index contributed by atoms with van der Waals surface area (Å²) < 4.78 is 0. The molecule has 0 aromatic rings. The molecule has 0 heterocycles. The van der Waals surface area contributed by atoms with Crippen molar-refractivity contribution in [2.24, 2.45) is 0 Å². The third-order valence-corrected chi connectivity index (χ3v) is 3.48. The number of nitrogens with one attached hydrogen (secondary N) is 1. The van der Waals surface area contributed by atoms with Gasteiger partial charge >= 0.3 is 0 Å². The highest BCUT2D eigenvalue weighted by molar-refractivity contribution is 5.27. The van der Waals surface area contributed by atoms with Crippen LogP contribution in [0.3, 0.4) is 0 Å². The van der Waals surface area contributed by atoms with E-state index >= 15 is 0 Å². The molecular weight excluding hydrogens is 410 g/mol. The van der Waals surface area contributed by atoms with Crippen molar-refractivity contribution in [3.63, 3.8) is 0 Å². The van der Waals surface area contributed by atoms with Crippen LogP contribution in [-0.4, -0.2) is 7.05 Å². The van der Waals surface area contributed by atoms with E-state index in [2.05, 4.69) is 38.9 Å². The number of hydrogen-bond donors (Lipinski definition) is 1. The van der Waals surface area contributed by atoms with Crippen LogP contribution in [0.5, 0.6) is 0 Å². The van der Waals surface area contributed by atoms with Crippen LogP contribution in [0, 0.1) is 0 Å². The first-order chi connectivity index (χ1) is 16.4. The van der Waals surface area contributed by atoms with Gasteiger partial charge < -0.3 is 5.32 Å². The lowest BCUT2D eigenvalue weighted by Gasteiger charge is -1.93. The predicted octanol–water partition coefficient (Wildman–Crippen LogP) is 11.7. The van der Waals surface area contributed by atoms with E-state index < -0.39 is 0 Å². The van der Waals surface area contributed by atoms with Gasteiger partial charge in [-0.25, -0.2) is 0 Å². The zero-order valence-electron chi connectivity index (χ0n) is 25.2. The van der Waals surface area contributed by atoms with Crippen molar-refractivity contribution >= 4 is 0 Å². The normalized spacial score (nSPS) is 9.79. The van der Waals surface area contributed by atoms with E-state index in [-0.39, 0.29) is 0 Å². The fourth-order valence-electron chi connectivity index (χ4n) is 1.88. The smallest absolute Gasteiger partial charge is 0.00276 e. The van der Waals surface area contributed by atoms with Crippen molar-refractivity contribution in [2.45, 2.75) is 108 Å². The van der Waals surface area contributed by atoms with Gasteiger partial charge in [0.2, 0.25) is 0 Å². The van der Waals surface area contributed by atoms with E-state index in [0.717, 1.165) is 5.57 Å². The Morgan fingerprint density at radius 2 is 1.24 bits per heavy atom. The topological polar surface area (TPSA) is 12.0 Å². The molecule has 0 saturated carbocycles. The minimum atomic E-state index is 0.938. The van der Waals surface area contributed by atoms with Crippen molar-refractivity contribution < 1.29 is 0 Å². The maximum atomic E-state index is 3.71. The molecule has 200 valence electrons. The van der Waals surface area contributed by atoms with Crippen LogP contribution in [0.4, 0.5) is 0 Å². The Morgan fingerprint density at radius 3 is 1.50 bits per heavy atom. The fourth-order valence-corrected chi connectivity index (χ4v) is 1.88. The van der Waals surface area contributed by atoms with Crippen molar-refractivity contribution in [2.75, 3.05) is 7.05 Å². The van der Waals surface area contributed by atoms with E-state index in [1.807, 2.05) is 117 Å². The second-order valence-electron chi connectivity index (χ2n) is 6.51. The van der Waals surface area contributed by atoms with Crippen LogP contribution < -0.4 is 5.32 Å². The second kappa shape index (κ2) is 57.5. The summed E-state index contributed by atoms with van der Waals surface area (Å²) >= 11 is 0. The zero-order valence-corrected chi connectivity index (χ0v) is 25.2. The molecule has 1 nitrogen and oxygen atoms in total. The van der Waals surface area contributed by atoms with Gasteiger partial charge in [-0.15, -0.1) is 0 Å². The fraction of sp³-hybridized carbons (Fsp3) is 0.515. The molecule has 0 aliphatic heterocycles. The predicted molar refractivity (Wildman–Crippen MR) is 168 cm³/mol. The summed E-state index contributed by atoms with van der Waals surface area (Å²) in [4.78, 5) is 0. The van der Waals surface area contributed by atoms with Gasteiger partial charge in [-0.1, -0.05) is 166 Å². The Hall–Kier alpha value is -2.28. The average molecular weight is 474 g/mol. The van der Waals surface area contributed by atoms with Crippen LogP contribution >= 0.6 is 0 Å². The molecule has 0 radical (unpaired) electrons. The lowest BCUT2D eigenvalue weighted by Crippen LogP contribution is -1.89. The van der Waals surface area contributed by atoms with Gasteiger partial charge in [0, 0.05) is 7.05 Å². The summed E-state index contributed by atoms with van der Waals surface area (Å²) in [6, 6.07) is 0. The first kappa shape index (κ1) is 45.3. The Labute approximate surface area is 217 Å². The minimum Gasteiger partial charge on any atom is -0.394 e. The highest BCUT2D eigenvalue weighted by Gasteiger charge is 1.83. The van der Waals surface area contributed by atoms with Gasteiger partial charge in [0.25, 0.3) is 0 Å². The third-order valence-electron chi connectivity index (χ3n) is 3.48. The van der Waals surface area contributed by atoms with E-state index in [0.29, 0.717) is 0 Å². The Balaban J connectivity index is -0.0000000741. The van der Waals surface area contributed by atoms with Crippen molar-refractivity contribution in [3.8, 4) is 0 Å². The largest absolute Gasteiger partial charge is 0.394 e. The molecule has 0 aliphatic rings. The molecule has 0 unspecified atom stereocenters. The second-order valence-corrected chi connectivity index (χ2v) is 6.51. The van der Waals surface area contributed by atoms with E-state index in [1.165, 1.54) is 44.1 Å². The SMILES string of the molecule is C/C=C\NC.C=C/C=C(C)\C=C/C.C=CC(=C)/C=C\C=C/C.CC.CC.CCCCCCCC. The zero-order chi connectivity index (χ0) is 27.9. The minimum absolute atomic E-state index is 0.938.